The van der Waals surface area contributed by atoms with Crippen LogP contribution in [0.2, 0.25) is 19.6 Å². The quantitative estimate of drug-likeness (QED) is 0.617. The molecule has 4 heteroatoms. The largest absolute Gasteiger partial charge is 0.309 e. The zero-order valence-electron chi connectivity index (χ0n) is 9.78. The van der Waals surface area contributed by atoms with Crippen molar-refractivity contribution in [3.05, 3.63) is 30.2 Å². The molecule has 2 heterocycles. The molecule has 82 valence electrons. The van der Waals surface area contributed by atoms with E-state index in [0.717, 1.165) is 11.5 Å². The molecule has 0 saturated heterocycles. The Kier molecular flexibility index (Phi) is 2.48. The van der Waals surface area contributed by atoms with Gasteiger partial charge in [0.2, 0.25) is 0 Å². The summed E-state index contributed by atoms with van der Waals surface area (Å²) >= 11 is 0. The smallest absolute Gasteiger partial charge is 0.136 e. The lowest BCUT2D eigenvalue weighted by Crippen LogP contribution is -2.41. The Labute approximate surface area is 96.5 Å². The van der Waals surface area contributed by atoms with E-state index in [-0.39, 0.29) is 0 Å². The number of hydrogen-bond acceptors (Lipinski definition) is 1. The standard InChI is InChI=1S/C12H15N3Si/c1-5-10-11(16(2,3)4)12(14-13-10)15-8-6-7-9-15/h1,6-9H,2-4H3,(H,13,14). The van der Waals surface area contributed by atoms with Gasteiger partial charge in [-0.3, -0.25) is 5.10 Å². The number of aromatic nitrogens is 3. The first-order valence-electron chi connectivity index (χ1n) is 5.23. The van der Waals surface area contributed by atoms with Gasteiger partial charge in [0.25, 0.3) is 0 Å². The molecule has 3 nitrogen and oxygen atoms in total. The van der Waals surface area contributed by atoms with Gasteiger partial charge in [-0.1, -0.05) is 19.6 Å². The van der Waals surface area contributed by atoms with Crippen LogP contribution in [0, 0.1) is 12.3 Å². The number of nitrogens with zero attached hydrogens (tertiary/aromatic N) is 2. The Balaban J connectivity index is 2.65. The van der Waals surface area contributed by atoms with Crippen LogP contribution in [-0.4, -0.2) is 22.8 Å². The van der Waals surface area contributed by atoms with Gasteiger partial charge in [0.05, 0.1) is 8.07 Å². The van der Waals surface area contributed by atoms with Gasteiger partial charge < -0.3 is 4.57 Å². The zero-order chi connectivity index (χ0) is 11.8. The minimum Gasteiger partial charge on any atom is -0.309 e. The van der Waals surface area contributed by atoms with Crippen LogP contribution in [0.25, 0.3) is 5.82 Å². The summed E-state index contributed by atoms with van der Waals surface area (Å²) in [5.41, 5.74) is 0.753. The van der Waals surface area contributed by atoms with E-state index in [9.17, 15) is 0 Å². The Hall–Kier alpha value is -1.73. The molecule has 0 aliphatic rings. The zero-order valence-corrected chi connectivity index (χ0v) is 10.8. The summed E-state index contributed by atoms with van der Waals surface area (Å²) in [6.07, 6.45) is 9.49. The number of aromatic amines is 1. The molecule has 0 aromatic carbocycles. The van der Waals surface area contributed by atoms with Crippen LogP contribution in [0.5, 0.6) is 0 Å². The topological polar surface area (TPSA) is 33.6 Å². The Bertz CT molecular complexity index is 524. The van der Waals surface area contributed by atoms with Crippen LogP contribution in [0.4, 0.5) is 0 Å². The molecule has 2 aromatic rings. The number of nitrogens with one attached hydrogen (secondary N) is 1. The number of terminal acetylenes is 1. The van der Waals surface area contributed by atoms with E-state index in [1.165, 1.54) is 5.19 Å². The summed E-state index contributed by atoms with van der Waals surface area (Å²) in [5, 5.41) is 8.46. The summed E-state index contributed by atoms with van der Waals surface area (Å²) in [5.74, 6) is 3.67. The summed E-state index contributed by atoms with van der Waals surface area (Å²) in [6.45, 7) is 6.81. The molecule has 0 aliphatic heterocycles. The molecule has 2 rings (SSSR count). The first kappa shape index (κ1) is 10.8. The Morgan fingerprint density at radius 2 is 1.94 bits per heavy atom. The molecular formula is C12H15N3Si. The molecule has 16 heavy (non-hydrogen) atoms. The summed E-state index contributed by atoms with van der Waals surface area (Å²) < 4.78 is 2.03. The van der Waals surface area contributed by atoms with Gasteiger partial charge in [-0.15, -0.1) is 6.42 Å². The third kappa shape index (κ3) is 1.70. The monoisotopic (exact) mass is 229 g/mol. The molecule has 0 amide bonds. The molecule has 0 saturated carbocycles. The van der Waals surface area contributed by atoms with Gasteiger partial charge in [0.15, 0.2) is 0 Å². The fraction of sp³-hybridized carbons (Fsp3) is 0.250. The molecule has 0 aliphatic carbocycles. The van der Waals surface area contributed by atoms with E-state index in [4.69, 9.17) is 6.42 Å². The van der Waals surface area contributed by atoms with Crippen LogP contribution in [-0.2, 0) is 0 Å². The maximum atomic E-state index is 5.49. The predicted octanol–water partition coefficient (Wildman–Crippen LogP) is 1.73. The fourth-order valence-corrected chi connectivity index (χ4v) is 3.55. The van der Waals surface area contributed by atoms with Crippen LogP contribution in [0.15, 0.2) is 24.5 Å². The lowest BCUT2D eigenvalue weighted by Gasteiger charge is -2.17. The average molecular weight is 229 g/mol. The molecule has 0 spiro atoms. The third-order valence-corrected chi connectivity index (χ3v) is 4.47. The highest BCUT2D eigenvalue weighted by molar-refractivity contribution is 6.89. The van der Waals surface area contributed by atoms with Crippen molar-refractivity contribution in [2.75, 3.05) is 0 Å². The predicted molar refractivity (Wildman–Crippen MR) is 68.8 cm³/mol. The van der Waals surface area contributed by atoms with Gasteiger partial charge in [-0.25, -0.2) is 0 Å². The number of hydrogen-bond donors (Lipinski definition) is 1. The Morgan fingerprint density at radius 1 is 1.31 bits per heavy atom. The first-order valence-corrected chi connectivity index (χ1v) is 8.73. The van der Waals surface area contributed by atoms with Crippen LogP contribution >= 0.6 is 0 Å². The lowest BCUT2D eigenvalue weighted by molar-refractivity contribution is 0.964. The fourth-order valence-electron chi connectivity index (χ4n) is 1.82. The van der Waals surface area contributed by atoms with Gasteiger partial charge in [-0.2, -0.15) is 5.10 Å². The molecule has 0 radical (unpaired) electrons. The average Bonchev–Trinajstić information content (AvgIpc) is 2.84. The maximum Gasteiger partial charge on any atom is 0.136 e. The van der Waals surface area contributed by atoms with Gasteiger partial charge in [-0.05, 0) is 18.1 Å². The van der Waals surface area contributed by atoms with Gasteiger partial charge in [0.1, 0.15) is 11.5 Å². The van der Waals surface area contributed by atoms with Crippen molar-refractivity contribution in [1.29, 1.82) is 0 Å². The van der Waals surface area contributed by atoms with Crippen molar-refractivity contribution in [3.8, 4) is 18.2 Å². The van der Waals surface area contributed by atoms with Crippen LogP contribution in [0.3, 0.4) is 0 Å². The van der Waals surface area contributed by atoms with E-state index < -0.39 is 8.07 Å². The highest BCUT2D eigenvalue weighted by Crippen LogP contribution is 2.12. The summed E-state index contributed by atoms with van der Waals surface area (Å²) in [4.78, 5) is 0. The number of rotatable bonds is 2. The van der Waals surface area contributed by atoms with Crippen LogP contribution in [0.1, 0.15) is 5.69 Å². The van der Waals surface area contributed by atoms with E-state index in [2.05, 4.69) is 35.8 Å². The van der Waals surface area contributed by atoms with Crippen molar-refractivity contribution in [2.45, 2.75) is 19.6 Å². The second-order valence-electron chi connectivity index (χ2n) is 4.78. The minimum absolute atomic E-state index is 0.753. The van der Waals surface area contributed by atoms with Crippen LogP contribution < -0.4 is 5.19 Å². The van der Waals surface area contributed by atoms with Crippen molar-refractivity contribution in [1.82, 2.24) is 14.8 Å². The van der Waals surface area contributed by atoms with Gasteiger partial charge >= 0.3 is 0 Å². The molecule has 0 fully saturated rings. The van der Waals surface area contributed by atoms with Crippen molar-refractivity contribution in [2.24, 2.45) is 0 Å². The highest BCUT2D eigenvalue weighted by Gasteiger charge is 2.26. The van der Waals surface area contributed by atoms with E-state index in [1.54, 1.807) is 0 Å². The van der Waals surface area contributed by atoms with Crippen molar-refractivity contribution in [3.63, 3.8) is 0 Å². The molecule has 0 unspecified atom stereocenters. The second kappa shape index (κ2) is 3.69. The summed E-state index contributed by atoms with van der Waals surface area (Å²) in [6, 6.07) is 3.98. The van der Waals surface area contributed by atoms with E-state index in [1.807, 2.05) is 29.1 Å². The number of H-pyrrole nitrogens is 1. The second-order valence-corrected chi connectivity index (χ2v) is 9.78. The molecule has 0 atom stereocenters. The summed E-state index contributed by atoms with van der Waals surface area (Å²) in [7, 11) is -1.50. The molecular weight excluding hydrogens is 214 g/mol. The van der Waals surface area contributed by atoms with E-state index >= 15 is 0 Å². The Morgan fingerprint density at radius 3 is 2.44 bits per heavy atom. The maximum absolute atomic E-state index is 5.49. The SMILES string of the molecule is C#Cc1n[nH]c(-n2cccc2)c1[Si](C)(C)C. The highest BCUT2D eigenvalue weighted by atomic mass is 28.3. The van der Waals surface area contributed by atoms with Crippen molar-refractivity contribution >= 4 is 13.3 Å². The minimum atomic E-state index is -1.50. The first-order chi connectivity index (χ1) is 7.54. The molecule has 0 bridgehead atoms. The molecule has 2 aromatic heterocycles. The van der Waals surface area contributed by atoms with Crippen molar-refractivity contribution < 1.29 is 0 Å². The lowest BCUT2D eigenvalue weighted by atomic mass is 10.4. The van der Waals surface area contributed by atoms with Gasteiger partial charge in [0, 0.05) is 17.6 Å². The van der Waals surface area contributed by atoms with E-state index in [0.29, 0.717) is 0 Å². The third-order valence-electron chi connectivity index (χ3n) is 2.50. The normalized spacial score (nSPS) is 11.4. The molecule has 1 N–H and O–H groups in total.